The predicted octanol–water partition coefficient (Wildman–Crippen LogP) is -14.3. The molecule has 34 nitrogen and oxygen atoms in total. The fourth-order valence-electron chi connectivity index (χ4n) is 3.90. The van der Waals surface area contributed by atoms with Gasteiger partial charge in [-0.2, -0.15) is 0 Å². The summed E-state index contributed by atoms with van der Waals surface area (Å²) in [6.45, 7) is 5.90. The van der Waals surface area contributed by atoms with Crippen molar-refractivity contribution in [3.8, 4) is 0 Å². The van der Waals surface area contributed by atoms with Crippen LogP contribution < -0.4 is 80.8 Å². The molecule has 0 aromatic rings. The molecular weight excluding hydrogens is 1030 g/mol. The summed E-state index contributed by atoms with van der Waals surface area (Å²) in [5, 5.41) is 62.5. The van der Waals surface area contributed by atoms with Crippen molar-refractivity contribution < 1.29 is 119 Å². The summed E-state index contributed by atoms with van der Waals surface area (Å²) in [7, 11) is 0. The van der Waals surface area contributed by atoms with E-state index in [1.54, 1.807) is 0 Å². The zero-order chi connectivity index (χ0) is 52.2. The number of nitrogens with one attached hydrogen (secondary N) is 5. The van der Waals surface area contributed by atoms with Crippen molar-refractivity contribution in [1.82, 2.24) is 26.6 Å². The van der Waals surface area contributed by atoms with Crippen molar-refractivity contribution in [2.24, 2.45) is 28.7 Å². The fourth-order valence-corrected chi connectivity index (χ4v) is 3.90. The van der Waals surface area contributed by atoms with Crippen molar-refractivity contribution in [3.63, 3.8) is 0 Å². The van der Waals surface area contributed by atoms with Gasteiger partial charge in [-0.15, -0.1) is 0 Å². The standard InChI is InChI=1S/5C7H12N2O4.3Al.4H2O/c5*1-4(10)9-5(7(12)13)2-3-6(8)11;;;;;;;/h5*5H,2-3H2,1H3,(H2,8,11)(H,9,10)(H,12,13);;;;4*1H2/q;;;;;3*+3;;;;/p-9. The Morgan fingerprint density at radius 1 is 0.292 bits per heavy atom. The van der Waals surface area contributed by atoms with E-state index in [1.807, 2.05) is 0 Å². The summed E-state index contributed by atoms with van der Waals surface area (Å²) in [5.74, 6) is -12.6. The van der Waals surface area contributed by atoms with Crippen molar-refractivity contribution in [1.29, 1.82) is 0 Å². The van der Waals surface area contributed by atoms with Crippen LogP contribution in [0.2, 0.25) is 0 Å². The number of aliphatic carboxylic acids is 5. The van der Waals surface area contributed by atoms with Gasteiger partial charge in [-0.1, -0.05) is 0 Å². The second-order valence-corrected chi connectivity index (χ2v) is 12.9. The fraction of sp³-hybridized carbons (Fsp3) is 0.571. The van der Waals surface area contributed by atoms with E-state index in [4.69, 9.17) is 28.7 Å². The number of hydrogen-bond acceptors (Lipinski definition) is 24. The molecule has 0 aromatic heterocycles. The van der Waals surface area contributed by atoms with E-state index < -0.39 is 119 Å². The topological polar surface area (TPSA) is 682 Å². The van der Waals surface area contributed by atoms with Gasteiger partial charge in [0.05, 0.1) is 60.1 Å². The molecule has 37 heteroatoms. The third kappa shape index (κ3) is 72.5. The quantitative estimate of drug-likeness (QED) is 0.0380. The second-order valence-electron chi connectivity index (χ2n) is 12.9. The zero-order valence-corrected chi connectivity index (χ0v) is 43.0. The molecule has 72 heavy (non-hydrogen) atoms. The molecular formula is C35H59Al3N10O24. The normalized spacial score (nSPS) is 10.6. The zero-order valence-electron chi connectivity index (χ0n) is 39.5. The van der Waals surface area contributed by atoms with Crippen LogP contribution in [0.4, 0.5) is 0 Å². The minimum absolute atomic E-state index is 0. The van der Waals surface area contributed by atoms with Gasteiger partial charge in [-0.3, -0.25) is 47.9 Å². The monoisotopic (exact) mass is 1080 g/mol. The van der Waals surface area contributed by atoms with Crippen LogP contribution in [0.5, 0.6) is 0 Å². The molecule has 19 N–H and O–H groups in total. The summed E-state index contributed by atoms with van der Waals surface area (Å²) in [5.41, 5.74) is 24.0. The van der Waals surface area contributed by atoms with E-state index in [9.17, 15) is 97.5 Å². The molecule has 0 aliphatic carbocycles. The van der Waals surface area contributed by atoms with E-state index >= 15 is 0 Å². The van der Waals surface area contributed by atoms with Gasteiger partial charge in [0.15, 0.2) is 0 Å². The van der Waals surface area contributed by atoms with Crippen molar-refractivity contribution >= 4 is 141 Å². The second kappa shape index (κ2) is 55.4. The van der Waals surface area contributed by atoms with E-state index in [1.165, 1.54) is 34.6 Å². The van der Waals surface area contributed by atoms with E-state index in [0.717, 1.165) is 0 Å². The molecule has 402 valence electrons. The van der Waals surface area contributed by atoms with Gasteiger partial charge in [-0.25, -0.2) is 0 Å². The van der Waals surface area contributed by atoms with Crippen LogP contribution in [-0.4, -0.2) is 193 Å². The average molecular weight is 1080 g/mol. The van der Waals surface area contributed by atoms with Gasteiger partial charge in [0.1, 0.15) is 0 Å². The third-order valence-electron chi connectivity index (χ3n) is 6.71. The number of hydrogen-bond donors (Lipinski definition) is 10. The Labute approximate surface area is 443 Å². The SMILES string of the molecule is CC(=O)NC(CCC(N)=O)C(=O)[O-].CC(=O)NC(CCC(N)=O)C(=O)[O-].CC(=O)NC(CCC(N)=O)C(=O)[O-].CC(=O)NC(CCC(N)=O)C(=O)[O-].CC(=O)NC(CCC(N)=O)C(=O)[O-].[Al+3].[Al+3].[Al+3].[OH-].[OH-].[OH-].[OH-]. The van der Waals surface area contributed by atoms with Crippen LogP contribution in [-0.2, 0) is 71.9 Å². The first-order valence-corrected chi connectivity index (χ1v) is 18.5. The van der Waals surface area contributed by atoms with Crippen LogP contribution in [0.1, 0.15) is 98.8 Å². The molecule has 5 unspecified atom stereocenters. The summed E-state index contributed by atoms with van der Waals surface area (Å²) in [6.07, 6.45) is -0.713. The average Bonchev–Trinajstić information content (AvgIpc) is 3.13. The minimum atomic E-state index is -1.42. The molecule has 0 spiro atoms. The molecule has 10 amide bonds. The van der Waals surface area contributed by atoms with Gasteiger partial charge >= 0.3 is 52.1 Å². The molecule has 0 bridgehead atoms. The van der Waals surface area contributed by atoms with Gasteiger partial charge in [-0.05, 0) is 32.1 Å². The molecule has 0 aliphatic heterocycles. The summed E-state index contributed by atoms with van der Waals surface area (Å²) in [6, 6.07) is -5.74. The van der Waals surface area contributed by atoms with Crippen LogP contribution in [0, 0.1) is 0 Å². The number of carbonyl (C=O) groups is 15. The molecule has 0 rings (SSSR count). The van der Waals surface area contributed by atoms with Gasteiger partial charge in [0.25, 0.3) is 0 Å². The maximum Gasteiger partial charge on any atom is 3.00 e. The number of nitrogens with two attached hydrogens (primary N) is 5. The number of primary amides is 5. The summed E-state index contributed by atoms with van der Waals surface area (Å²) >= 11 is 0. The molecule has 0 aromatic carbocycles. The summed E-state index contributed by atoms with van der Waals surface area (Å²) in [4.78, 5) is 156. The Hall–Kier alpha value is -6.51. The molecule has 0 aliphatic rings. The Balaban J connectivity index is -0.0000000610. The predicted molar refractivity (Wildman–Crippen MR) is 230 cm³/mol. The maximum absolute atomic E-state index is 10.5. The first-order chi connectivity index (χ1) is 29.7. The number of rotatable bonds is 25. The molecule has 5 atom stereocenters. The number of carboxylic acids is 5. The Morgan fingerprint density at radius 2 is 0.389 bits per heavy atom. The van der Waals surface area contributed by atoms with Crippen molar-refractivity contribution in [2.75, 3.05) is 0 Å². The number of carbonyl (C=O) groups excluding carboxylic acids is 15. The first-order valence-electron chi connectivity index (χ1n) is 18.5. The third-order valence-corrected chi connectivity index (χ3v) is 6.71. The Morgan fingerprint density at radius 3 is 0.444 bits per heavy atom. The van der Waals surface area contributed by atoms with Crippen LogP contribution in [0.15, 0.2) is 0 Å². The maximum atomic E-state index is 10.5. The van der Waals surface area contributed by atoms with Gasteiger partial charge in [0, 0.05) is 66.7 Å². The van der Waals surface area contributed by atoms with E-state index in [-0.39, 0.29) is 138 Å². The number of amides is 10. The van der Waals surface area contributed by atoms with E-state index in [0.29, 0.717) is 0 Å². The Bertz CT molecular complexity index is 1440. The molecule has 0 radical (unpaired) electrons. The van der Waals surface area contributed by atoms with Crippen LogP contribution >= 0.6 is 0 Å². The van der Waals surface area contributed by atoms with Gasteiger partial charge in [0.2, 0.25) is 59.1 Å². The van der Waals surface area contributed by atoms with Crippen LogP contribution in [0.3, 0.4) is 0 Å². The van der Waals surface area contributed by atoms with Crippen molar-refractivity contribution in [2.45, 2.75) is 129 Å². The summed E-state index contributed by atoms with van der Waals surface area (Å²) < 4.78 is 0. The minimum Gasteiger partial charge on any atom is -0.870 e. The van der Waals surface area contributed by atoms with E-state index in [2.05, 4.69) is 26.6 Å². The van der Waals surface area contributed by atoms with Crippen LogP contribution in [0.25, 0.3) is 0 Å². The molecule has 0 saturated heterocycles. The molecule has 0 heterocycles. The Kier molecular flexibility index (Phi) is 73.3. The molecule has 0 fully saturated rings. The first kappa shape index (κ1) is 95.2. The van der Waals surface area contributed by atoms with Crippen molar-refractivity contribution in [3.05, 3.63) is 0 Å². The largest absolute Gasteiger partial charge is 3.00 e. The van der Waals surface area contributed by atoms with Gasteiger partial charge < -0.3 is 127 Å². The molecule has 0 saturated carbocycles. The smallest absolute Gasteiger partial charge is 0.870 e. The number of carboxylic acid groups (broad SMARTS) is 5.